The second-order valence-electron chi connectivity index (χ2n) is 4.88. The Hall–Kier alpha value is -1.56. The van der Waals surface area contributed by atoms with Gasteiger partial charge in [-0.25, -0.2) is 0 Å². The summed E-state index contributed by atoms with van der Waals surface area (Å²) in [6.45, 7) is 2.74. The van der Waals surface area contributed by atoms with Gasteiger partial charge in [-0.05, 0) is 31.2 Å². The maximum Gasteiger partial charge on any atom is 0.126 e. The van der Waals surface area contributed by atoms with Gasteiger partial charge in [0.1, 0.15) is 11.8 Å². The Labute approximate surface area is 132 Å². The van der Waals surface area contributed by atoms with Crippen molar-refractivity contribution in [3.05, 3.63) is 63.0 Å². The normalized spacial score (nSPS) is 12.7. The summed E-state index contributed by atoms with van der Waals surface area (Å²) in [4.78, 5) is 1.14. The van der Waals surface area contributed by atoms with Gasteiger partial charge < -0.3 is 4.42 Å². The molecule has 0 saturated carbocycles. The highest BCUT2D eigenvalue weighted by atomic mass is 35.5. The molecule has 1 atom stereocenters. The number of hydrogen-bond donors (Lipinski definition) is 1. The van der Waals surface area contributed by atoms with Gasteiger partial charge >= 0.3 is 0 Å². The molecule has 4 nitrogen and oxygen atoms in total. The third-order valence-corrected chi connectivity index (χ3v) is 4.61. The van der Waals surface area contributed by atoms with Crippen molar-refractivity contribution in [3.63, 3.8) is 0 Å². The molecular formula is C15H16ClN3OS. The van der Waals surface area contributed by atoms with Crippen molar-refractivity contribution in [1.29, 1.82) is 0 Å². The summed E-state index contributed by atoms with van der Waals surface area (Å²) in [5.74, 6) is 0.884. The first-order valence-electron chi connectivity index (χ1n) is 6.64. The van der Waals surface area contributed by atoms with Gasteiger partial charge in [0, 0.05) is 30.2 Å². The number of furan rings is 1. The third kappa shape index (κ3) is 3.20. The number of aromatic nitrogens is 2. The highest BCUT2D eigenvalue weighted by molar-refractivity contribution is 7.16. The van der Waals surface area contributed by atoms with Crippen molar-refractivity contribution in [2.75, 3.05) is 0 Å². The van der Waals surface area contributed by atoms with Crippen LogP contribution < -0.4 is 5.32 Å². The first-order chi connectivity index (χ1) is 10.1. The number of thiophene rings is 1. The smallest absolute Gasteiger partial charge is 0.126 e. The fourth-order valence-electron chi connectivity index (χ4n) is 2.31. The lowest BCUT2D eigenvalue weighted by atomic mass is 10.1. The molecule has 21 heavy (non-hydrogen) atoms. The van der Waals surface area contributed by atoms with Gasteiger partial charge in [-0.1, -0.05) is 11.6 Å². The second kappa shape index (κ2) is 6.05. The van der Waals surface area contributed by atoms with E-state index in [-0.39, 0.29) is 6.04 Å². The monoisotopic (exact) mass is 321 g/mol. The van der Waals surface area contributed by atoms with E-state index in [9.17, 15) is 0 Å². The van der Waals surface area contributed by atoms with Crippen LogP contribution in [-0.4, -0.2) is 9.78 Å². The minimum absolute atomic E-state index is 0.00268. The van der Waals surface area contributed by atoms with Crippen LogP contribution in [0.15, 0.2) is 41.1 Å². The zero-order chi connectivity index (χ0) is 14.8. The Bertz CT molecular complexity index is 717. The second-order valence-corrected chi connectivity index (χ2v) is 6.63. The van der Waals surface area contributed by atoms with Crippen LogP contribution in [0.25, 0.3) is 0 Å². The van der Waals surface area contributed by atoms with Crippen molar-refractivity contribution in [1.82, 2.24) is 15.1 Å². The highest BCUT2D eigenvalue weighted by Crippen LogP contribution is 2.31. The summed E-state index contributed by atoms with van der Waals surface area (Å²) in [7, 11) is 1.93. The molecule has 0 aliphatic heterocycles. The van der Waals surface area contributed by atoms with E-state index >= 15 is 0 Å². The van der Waals surface area contributed by atoms with E-state index in [1.165, 1.54) is 5.56 Å². The lowest BCUT2D eigenvalue weighted by Crippen LogP contribution is -2.21. The predicted molar refractivity (Wildman–Crippen MR) is 84.7 cm³/mol. The summed E-state index contributed by atoms with van der Waals surface area (Å²) < 4.78 is 8.17. The average Bonchev–Trinajstić information content (AvgIpc) is 3.14. The third-order valence-electron chi connectivity index (χ3n) is 3.32. The largest absolute Gasteiger partial charge is 0.467 e. The fourth-order valence-corrected chi connectivity index (χ4v) is 3.46. The first-order valence-corrected chi connectivity index (χ1v) is 7.84. The minimum Gasteiger partial charge on any atom is -0.467 e. The Morgan fingerprint density at radius 1 is 1.43 bits per heavy atom. The van der Waals surface area contributed by atoms with E-state index < -0.39 is 0 Å². The van der Waals surface area contributed by atoms with Gasteiger partial charge in [0.25, 0.3) is 0 Å². The molecule has 1 N–H and O–H groups in total. The lowest BCUT2D eigenvalue weighted by Gasteiger charge is -2.15. The molecule has 0 spiro atoms. The van der Waals surface area contributed by atoms with Crippen LogP contribution in [0.1, 0.15) is 27.9 Å². The van der Waals surface area contributed by atoms with Gasteiger partial charge in [0.05, 0.1) is 16.3 Å². The van der Waals surface area contributed by atoms with E-state index in [1.54, 1.807) is 17.6 Å². The molecule has 3 rings (SSSR count). The Kier molecular flexibility index (Phi) is 4.14. The van der Waals surface area contributed by atoms with Crippen molar-refractivity contribution in [2.45, 2.75) is 19.5 Å². The minimum atomic E-state index is -0.00268. The summed E-state index contributed by atoms with van der Waals surface area (Å²) in [5.41, 5.74) is 2.21. The van der Waals surface area contributed by atoms with Crippen LogP contribution >= 0.6 is 22.9 Å². The van der Waals surface area contributed by atoms with Crippen molar-refractivity contribution in [3.8, 4) is 0 Å². The van der Waals surface area contributed by atoms with Crippen LogP contribution in [0.3, 0.4) is 0 Å². The molecule has 0 bridgehead atoms. The van der Waals surface area contributed by atoms with Gasteiger partial charge in [0.2, 0.25) is 0 Å². The Morgan fingerprint density at radius 3 is 2.86 bits per heavy atom. The van der Waals surface area contributed by atoms with Gasteiger partial charge in [0.15, 0.2) is 0 Å². The Morgan fingerprint density at radius 2 is 2.29 bits per heavy atom. The van der Waals surface area contributed by atoms with Gasteiger partial charge in [-0.2, -0.15) is 5.10 Å². The molecular weight excluding hydrogens is 306 g/mol. The lowest BCUT2D eigenvalue weighted by molar-refractivity contribution is 0.449. The van der Waals surface area contributed by atoms with Gasteiger partial charge in [-0.3, -0.25) is 10.00 Å². The van der Waals surface area contributed by atoms with E-state index in [2.05, 4.69) is 10.4 Å². The first kappa shape index (κ1) is 14.4. The van der Waals surface area contributed by atoms with Crippen molar-refractivity contribution in [2.24, 2.45) is 7.05 Å². The molecule has 110 valence electrons. The molecule has 0 radical (unpaired) electrons. The van der Waals surface area contributed by atoms with Crippen LogP contribution in [0.5, 0.6) is 0 Å². The summed E-state index contributed by atoms with van der Waals surface area (Å²) in [6.07, 6.45) is 3.72. The van der Waals surface area contributed by atoms with Crippen LogP contribution in [0, 0.1) is 6.92 Å². The maximum atomic E-state index is 6.06. The van der Waals surface area contributed by atoms with Crippen molar-refractivity contribution >= 4 is 22.9 Å². The van der Waals surface area contributed by atoms with E-state index in [1.807, 2.05) is 49.1 Å². The molecule has 6 heteroatoms. The van der Waals surface area contributed by atoms with Crippen LogP contribution in [0.2, 0.25) is 4.34 Å². The molecule has 0 saturated heterocycles. The maximum absolute atomic E-state index is 6.06. The van der Waals surface area contributed by atoms with Gasteiger partial charge in [-0.15, -0.1) is 11.3 Å². The van der Waals surface area contributed by atoms with E-state index in [0.29, 0.717) is 0 Å². The zero-order valence-corrected chi connectivity index (χ0v) is 13.4. The topological polar surface area (TPSA) is 43.0 Å². The molecule has 0 aliphatic carbocycles. The highest BCUT2D eigenvalue weighted by Gasteiger charge is 2.19. The molecule has 0 fully saturated rings. The summed E-state index contributed by atoms with van der Waals surface area (Å²) in [5, 5.41) is 7.89. The molecule has 1 unspecified atom stereocenters. The fraction of sp³-hybridized carbons (Fsp3) is 0.267. The van der Waals surface area contributed by atoms with Crippen LogP contribution in [-0.2, 0) is 13.6 Å². The Balaban J connectivity index is 1.81. The number of aryl methyl sites for hydroxylation is 2. The number of halogens is 1. The summed E-state index contributed by atoms with van der Waals surface area (Å²) >= 11 is 7.62. The molecule has 3 aromatic heterocycles. The molecule has 0 amide bonds. The van der Waals surface area contributed by atoms with Crippen molar-refractivity contribution < 1.29 is 4.42 Å². The molecule has 0 aliphatic rings. The van der Waals surface area contributed by atoms with E-state index in [0.717, 1.165) is 27.2 Å². The number of hydrogen-bond acceptors (Lipinski definition) is 4. The predicted octanol–water partition coefficient (Wildman–Crippen LogP) is 3.92. The molecule has 3 heterocycles. The number of nitrogens with one attached hydrogen (secondary N) is 1. The zero-order valence-electron chi connectivity index (χ0n) is 11.8. The average molecular weight is 322 g/mol. The quantitative estimate of drug-likeness (QED) is 0.774. The van der Waals surface area contributed by atoms with Crippen LogP contribution in [0.4, 0.5) is 0 Å². The van der Waals surface area contributed by atoms with E-state index in [4.69, 9.17) is 16.0 Å². The standard InChI is InChI=1S/C15H16ClN3OS/c1-10-11(9-19(2)18-10)8-17-15(12-4-3-7-20-12)13-5-6-14(16)21-13/h3-7,9,15,17H,8H2,1-2H3. The molecule has 3 aromatic rings. The molecule has 0 aromatic carbocycles. The number of nitrogens with zero attached hydrogens (tertiary/aromatic N) is 2. The summed E-state index contributed by atoms with van der Waals surface area (Å²) in [6, 6.07) is 7.81. The number of rotatable bonds is 5. The SMILES string of the molecule is Cc1nn(C)cc1CNC(c1ccco1)c1ccc(Cl)s1.